The molecule has 2 rings (SSSR count). The van der Waals surface area contributed by atoms with Gasteiger partial charge in [0.05, 0.1) is 0 Å². The minimum atomic E-state index is -0.610. The minimum absolute atomic E-state index is 0.436. The van der Waals surface area contributed by atoms with Crippen LogP contribution in [0.4, 0.5) is 0 Å². The summed E-state index contributed by atoms with van der Waals surface area (Å²) in [5.74, 6) is 0.0246. The maximum absolute atomic E-state index is 10.7. The Balaban J connectivity index is 2.04. The predicted molar refractivity (Wildman–Crippen MR) is 61.1 cm³/mol. The molecule has 1 aromatic heterocycles. The van der Waals surface area contributed by atoms with Crippen molar-refractivity contribution < 1.29 is 9.21 Å². The van der Waals surface area contributed by atoms with E-state index in [4.69, 9.17) is 9.68 Å². The normalized spacial score (nSPS) is 10.1. The van der Waals surface area contributed by atoms with Crippen LogP contribution in [0.25, 0.3) is 11.1 Å². The Hall–Kier alpha value is -2.35. The number of hydrogen-bond acceptors (Lipinski definition) is 4. The van der Waals surface area contributed by atoms with Crippen LogP contribution in [0.2, 0.25) is 0 Å². The SMILES string of the molecule is Cc1nc2ccc(CCNC(=O)C#N)cc2o1. The molecule has 0 aliphatic heterocycles. The molecule has 0 bridgehead atoms. The molecule has 1 aromatic carbocycles. The van der Waals surface area contributed by atoms with Gasteiger partial charge in [-0.2, -0.15) is 5.26 Å². The van der Waals surface area contributed by atoms with Gasteiger partial charge in [-0.25, -0.2) is 4.98 Å². The van der Waals surface area contributed by atoms with Crippen molar-refractivity contribution in [3.05, 3.63) is 29.7 Å². The number of oxazole rings is 1. The number of rotatable bonds is 3. The Kier molecular flexibility index (Phi) is 3.06. The lowest BCUT2D eigenvalue weighted by molar-refractivity contribution is -0.115. The van der Waals surface area contributed by atoms with Crippen LogP contribution in [-0.4, -0.2) is 17.4 Å². The molecule has 0 spiro atoms. The van der Waals surface area contributed by atoms with Gasteiger partial charge >= 0.3 is 5.91 Å². The number of amides is 1. The summed E-state index contributed by atoms with van der Waals surface area (Å²) in [6.07, 6.45) is 0.656. The molecule has 1 N–H and O–H groups in total. The van der Waals surface area contributed by atoms with E-state index in [0.717, 1.165) is 16.7 Å². The third-order valence-corrected chi connectivity index (χ3v) is 2.36. The number of hydrogen-bond donors (Lipinski definition) is 1. The lowest BCUT2D eigenvalue weighted by Gasteiger charge is -2.00. The lowest BCUT2D eigenvalue weighted by Crippen LogP contribution is -2.23. The lowest BCUT2D eigenvalue weighted by atomic mass is 10.1. The van der Waals surface area contributed by atoms with Crippen molar-refractivity contribution in [2.75, 3.05) is 6.54 Å². The van der Waals surface area contributed by atoms with E-state index in [1.807, 2.05) is 18.2 Å². The maximum Gasteiger partial charge on any atom is 0.322 e. The van der Waals surface area contributed by atoms with Crippen molar-refractivity contribution in [3.8, 4) is 6.07 Å². The Morgan fingerprint density at radius 2 is 2.41 bits per heavy atom. The summed E-state index contributed by atoms with van der Waals surface area (Å²) in [6.45, 7) is 2.23. The van der Waals surface area contributed by atoms with Crippen molar-refractivity contribution in [3.63, 3.8) is 0 Å². The Labute approximate surface area is 98.1 Å². The first-order chi connectivity index (χ1) is 8.19. The fourth-order valence-electron chi connectivity index (χ4n) is 1.60. The largest absolute Gasteiger partial charge is 0.441 e. The first kappa shape index (κ1) is 11.1. The van der Waals surface area contributed by atoms with Crippen LogP contribution in [0.15, 0.2) is 22.6 Å². The van der Waals surface area contributed by atoms with Gasteiger partial charge < -0.3 is 9.73 Å². The van der Waals surface area contributed by atoms with E-state index in [1.165, 1.54) is 6.07 Å². The molecule has 5 heteroatoms. The number of nitrogens with one attached hydrogen (secondary N) is 1. The molecule has 1 amide bonds. The van der Waals surface area contributed by atoms with Gasteiger partial charge in [-0.15, -0.1) is 0 Å². The highest BCUT2D eigenvalue weighted by atomic mass is 16.3. The first-order valence-electron chi connectivity index (χ1n) is 5.23. The highest BCUT2D eigenvalue weighted by Gasteiger charge is 2.03. The van der Waals surface area contributed by atoms with Crippen molar-refractivity contribution in [2.24, 2.45) is 0 Å². The number of nitriles is 1. The molecule has 17 heavy (non-hydrogen) atoms. The van der Waals surface area contributed by atoms with E-state index in [0.29, 0.717) is 18.9 Å². The predicted octanol–water partition coefficient (Wildman–Crippen LogP) is 1.32. The second-order valence-electron chi connectivity index (χ2n) is 3.65. The minimum Gasteiger partial charge on any atom is -0.441 e. The molecule has 0 saturated carbocycles. The topological polar surface area (TPSA) is 78.9 Å². The van der Waals surface area contributed by atoms with Crippen LogP contribution in [0, 0.1) is 18.3 Å². The van der Waals surface area contributed by atoms with Crippen LogP contribution in [0.3, 0.4) is 0 Å². The van der Waals surface area contributed by atoms with Gasteiger partial charge in [0.15, 0.2) is 17.5 Å². The summed E-state index contributed by atoms with van der Waals surface area (Å²) in [5, 5.41) is 10.8. The quantitative estimate of drug-likeness (QED) is 0.805. The number of benzene rings is 1. The van der Waals surface area contributed by atoms with Crippen molar-refractivity contribution in [1.29, 1.82) is 5.26 Å². The van der Waals surface area contributed by atoms with Crippen LogP contribution < -0.4 is 5.32 Å². The van der Waals surface area contributed by atoms with Crippen LogP contribution in [0.1, 0.15) is 11.5 Å². The fraction of sp³-hybridized carbons (Fsp3) is 0.250. The highest BCUT2D eigenvalue weighted by molar-refractivity contribution is 5.91. The van der Waals surface area contributed by atoms with E-state index >= 15 is 0 Å². The Morgan fingerprint density at radius 3 is 3.18 bits per heavy atom. The van der Waals surface area contributed by atoms with Crippen LogP contribution in [0.5, 0.6) is 0 Å². The van der Waals surface area contributed by atoms with Crippen molar-refractivity contribution >= 4 is 17.0 Å². The smallest absolute Gasteiger partial charge is 0.322 e. The monoisotopic (exact) mass is 229 g/mol. The molecular weight excluding hydrogens is 218 g/mol. The zero-order chi connectivity index (χ0) is 12.3. The van der Waals surface area contributed by atoms with E-state index in [1.54, 1.807) is 6.92 Å². The molecule has 0 unspecified atom stereocenters. The average molecular weight is 229 g/mol. The van der Waals surface area contributed by atoms with Gasteiger partial charge in [0.25, 0.3) is 0 Å². The van der Waals surface area contributed by atoms with Gasteiger partial charge in [0.2, 0.25) is 0 Å². The zero-order valence-electron chi connectivity index (χ0n) is 9.36. The number of aryl methyl sites for hydroxylation is 1. The number of nitrogens with zero attached hydrogens (tertiary/aromatic N) is 2. The Bertz CT molecular complexity index is 595. The molecule has 0 atom stereocenters. The molecule has 2 aromatic rings. The molecule has 0 aliphatic carbocycles. The Morgan fingerprint density at radius 1 is 1.59 bits per heavy atom. The second kappa shape index (κ2) is 4.66. The summed E-state index contributed by atoms with van der Waals surface area (Å²) >= 11 is 0. The van der Waals surface area contributed by atoms with Crippen molar-refractivity contribution in [2.45, 2.75) is 13.3 Å². The third kappa shape index (κ3) is 2.61. The molecule has 0 saturated heterocycles. The van der Waals surface area contributed by atoms with Gasteiger partial charge in [-0.3, -0.25) is 4.79 Å². The van der Waals surface area contributed by atoms with E-state index in [-0.39, 0.29) is 0 Å². The summed E-state index contributed by atoms with van der Waals surface area (Å²) in [7, 11) is 0. The molecule has 86 valence electrons. The standard InChI is InChI=1S/C12H11N3O2/c1-8-15-10-3-2-9(6-11(10)17-8)4-5-14-12(16)7-13/h2-3,6H,4-5H2,1H3,(H,14,16). The maximum atomic E-state index is 10.7. The van der Waals surface area contributed by atoms with Gasteiger partial charge in [0, 0.05) is 13.5 Å². The number of carbonyl (C=O) groups is 1. The van der Waals surface area contributed by atoms with Gasteiger partial charge in [-0.05, 0) is 24.1 Å². The molecule has 0 aliphatic rings. The van der Waals surface area contributed by atoms with E-state index in [2.05, 4.69) is 10.3 Å². The average Bonchev–Trinajstić information content (AvgIpc) is 2.68. The molecular formula is C12H11N3O2. The fourth-order valence-corrected chi connectivity index (χ4v) is 1.60. The number of carbonyl (C=O) groups excluding carboxylic acids is 1. The summed E-state index contributed by atoms with van der Waals surface area (Å²) in [4.78, 5) is 14.9. The van der Waals surface area contributed by atoms with Gasteiger partial charge in [-0.1, -0.05) is 6.07 Å². The molecule has 1 heterocycles. The third-order valence-electron chi connectivity index (χ3n) is 2.36. The second-order valence-corrected chi connectivity index (χ2v) is 3.65. The van der Waals surface area contributed by atoms with Crippen molar-refractivity contribution in [1.82, 2.24) is 10.3 Å². The molecule has 0 fully saturated rings. The number of fused-ring (bicyclic) bond motifs is 1. The summed E-state index contributed by atoms with van der Waals surface area (Å²) < 4.78 is 5.41. The van der Waals surface area contributed by atoms with Crippen LogP contribution in [-0.2, 0) is 11.2 Å². The molecule has 0 radical (unpaired) electrons. The van der Waals surface area contributed by atoms with E-state index < -0.39 is 5.91 Å². The first-order valence-corrected chi connectivity index (χ1v) is 5.23. The highest BCUT2D eigenvalue weighted by Crippen LogP contribution is 2.16. The van der Waals surface area contributed by atoms with Gasteiger partial charge in [0.1, 0.15) is 5.52 Å². The summed E-state index contributed by atoms with van der Waals surface area (Å²) in [6, 6.07) is 7.22. The van der Waals surface area contributed by atoms with Crippen LogP contribution >= 0.6 is 0 Å². The molecule has 5 nitrogen and oxygen atoms in total. The van der Waals surface area contributed by atoms with E-state index in [9.17, 15) is 4.79 Å². The number of aromatic nitrogens is 1. The summed E-state index contributed by atoms with van der Waals surface area (Å²) in [5.41, 5.74) is 2.60. The zero-order valence-corrected chi connectivity index (χ0v) is 9.36.